The van der Waals surface area contributed by atoms with Crippen molar-refractivity contribution in [3.8, 4) is 0 Å². The van der Waals surface area contributed by atoms with Gasteiger partial charge in [0.1, 0.15) is 0 Å². The normalized spacial score (nSPS) is 29.7. The number of esters is 1. The summed E-state index contributed by atoms with van der Waals surface area (Å²) in [6, 6.07) is 0.593. The summed E-state index contributed by atoms with van der Waals surface area (Å²) in [5, 5.41) is 0. The van der Waals surface area contributed by atoms with Crippen molar-refractivity contribution in [3.63, 3.8) is 0 Å². The molecule has 1 heterocycles. The third-order valence-corrected chi connectivity index (χ3v) is 3.90. The number of carbonyl (C=O) groups is 1. The number of methoxy groups -OCH3 is 1. The van der Waals surface area contributed by atoms with E-state index in [1.807, 2.05) is 0 Å². The number of rotatable bonds is 4. The van der Waals surface area contributed by atoms with Crippen molar-refractivity contribution in [1.29, 1.82) is 0 Å². The lowest BCUT2D eigenvalue weighted by Crippen LogP contribution is -2.52. The van der Waals surface area contributed by atoms with E-state index in [-0.39, 0.29) is 5.97 Å². The van der Waals surface area contributed by atoms with Gasteiger partial charge in [0.15, 0.2) is 0 Å². The van der Waals surface area contributed by atoms with Crippen LogP contribution in [0, 0.1) is 0 Å². The average molecular weight is 241 g/mol. The van der Waals surface area contributed by atoms with Gasteiger partial charge in [0, 0.05) is 19.0 Å². The Kier molecular flexibility index (Phi) is 4.80. The van der Waals surface area contributed by atoms with Crippen molar-refractivity contribution >= 4 is 5.97 Å². The van der Waals surface area contributed by atoms with Gasteiger partial charge in [0.05, 0.1) is 19.8 Å². The van der Waals surface area contributed by atoms with Crippen LogP contribution in [0.15, 0.2) is 0 Å². The summed E-state index contributed by atoms with van der Waals surface area (Å²) in [6.45, 7) is 2.86. The van der Waals surface area contributed by atoms with Crippen molar-refractivity contribution < 1.29 is 14.3 Å². The SMILES string of the molecule is COC(=O)CCCN1CCO[C@@H]2CCCC[C@@H]21. The Bertz CT molecular complexity index is 255. The molecule has 0 aromatic carbocycles. The first kappa shape index (κ1) is 12.8. The van der Waals surface area contributed by atoms with E-state index >= 15 is 0 Å². The summed E-state index contributed by atoms with van der Waals surface area (Å²) in [6.07, 6.45) is 6.95. The Morgan fingerprint density at radius 1 is 1.41 bits per heavy atom. The maximum absolute atomic E-state index is 11.1. The summed E-state index contributed by atoms with van der Waals surface area (Å²) >= 11 is 0. The van der Waals surface area contributed by atoms with Crippen LogP contribution >= 0.6 is 0 Å². The molecule has 0 unspecified atom stereocenters. The Morgan fingerprint density at radius 2 is 2.24 bits per heavy atom. The van der Waals surface area contributed by atoms with Gasteiger partial charge in [-0.2, -0.15) is 0 Å². The molecule has 1 saturated heterocycles. The average Bonchev–Trinajstić information content (AvgIpc) is 2.39. The van der Waals surface area contributed by atoms with E-state index in [9.17, 15) is 4.79 Å². The largest absolute Gasteiger partial charge is 0.469 e. The number of ether oxygens (including phenoxy) is 2. The van der Waals surface area contributed by atoms with E-state index < -0.39 is 0 Å². The molecular weight excluding hydrogens is 218 g/mol. The van der Waals surface area contributed by atoms with Gasteiger partial charge in [0.25, 0.3) is 0 Å². The molecule has 98 valence electrons. The number of hydrogen-bond acceptors (Lipinski definition) is 4. The molecule has 2 rings (SSSR count). The highest BCUT2D eigenvalue weighted by Gasteiger charge is 2.33. The molecule has 0 spiro atoms. The minimum atomic E-state index is -0.0987. The van der Waals surface area contributed by atoms with Gasteiger partial charge in [-0.05, 0) is 25.8 Å². The molecule has 0 bridgehead atoms. The smallest absolute Gasteiger partial charge is 0.305 e. The van der Waals surface area contributed by atoms with Gasteiger partial charge in [-0.1, -0.05) is 12.8 Å². The monoisotopic (exact) mass is 241 g/mol. The van der Waals surface area contributed by atoms with Gasteiger partial charge in [-0.3, -0.25) is 9.69 Å². The minimum absolute atomic E-state index is 0.0987. The molecule has 2 aliphatic rings. The molecule has 1 aliphatic carbocycles. The van der Waals surface area contributed by atoms with Crippen molar-refractivity contribution in [2.24, 2.45) is 0 Å². The summed E-state index contributed by atoms with van der Waals surface area (Å²) in [5.74, 6) is -0.0987. The minimum Gasteiger partial charge on any atom is -0.469 e. The Hall–Kier alpha value is -0.610. The molecule has 2 fully saturated rings. The first-order valence-corrected chi connectivity index (χ1v) is 6.73. The fourth-order valence-corrected chi connectivity index (χ4v) is 2.98. The fraction of sp³-hybridized carbons (Fsp3) is 0.923. The van der Waals surface area contributed by atoms with Crippen LogP contribution in [0.3, 0.4) is 0 Å². The molecule has 0 amide bonds. The molecule has 2 atom stereocenters. The second kappa shape index (κ2) is 6.36. The second-order valence-electron chi connectivity index (χ2n) is 4.98. The van der Waals surface area contributed by atoms with E-state index in [0.717, 1.165) is 26.1 Å². The molecule has 1 saturated carbocycles. The first-order valence-electron chi connectivity index (χ1n) is 6.73. The van der Waals surface area contributed by atoms with E-state index in [4.69, 9.17) is 4.74 Å². The molecule has 4 heteroatoms. The summed E-state index contributed by atoms with van der Waals surface area (Å²) in [4.78, 5) is 13.6. The molecule has 4 nitrogen and oxygen atoms in total. The molecule has 0 aromatic heterocycles. The van der Waals surface area contributed by atoms with Crippen molar-refractivity contribution in [2.45, 2.75) is 50.7 Å². The lowest BCUT2D eigenvalue weighted by Gasteiger charge is -2.43. The molecular formula is C13H23NO3. The van der Waals surface area contributed by atoms with Gasteiger partial charge in [0.2, 0.25) is 0 Å². The zero-order valence-corrected chi connectivity index (χ0v) is 10.7. The van der Waals surface area contributed by atoms with Gasteiger partial charge >= 0.3 is 5.97 Å². The predicted molar refractivity (Wildman–Crippen MR) is 64.8 cm³/mol. The van der Waals surface area contributed by atoms with Gasteiger partial charge in [-0.15, -0.1) is 0 Å². The topological polar surface area (TPSA) is 38.8 Å². The maximum Gasteiger partial charge on any atom is 0.305 e. The van der Waals surface area contributed by atoms with Crippen molar-refractivity contribution in [2.75, 3.05) is 26.8 Å². The highest BCUT2D eigenvalue weighted by atomic mass is 16.5. The number of fused-ring (bicyclic) bond motifs is 1. The number of carbonyl (C=O) groups excluding carboxylic acids is 1. The number of nitrogens with zero attached hydrogens (tertiary/aromatic N) is 1. The van der Waals surface area contributed by atoms with Crippen LogP contribution in [0.2, 0.25) is 0 Å². The highest BCUT2D eigenvalue weighted by molar-refractivity contribution is 5.69. The van der Waals surface area contributed by atoms with E-state index in [1.165, 1.54) is 32.8 Å². The van der Waals surface area contributed by atoms with Crippen LogP contribution in [-0.2, 0) is 14.3 Å². The predicted octanol–water partition coefficient (Wildman–Crippen LogP) is 1.58. The van der Waals surface area contributed by atoms with Crippen molar-refractivity contribution in [1.82, 2.24) is 4.90 Å². The number of hydrogen-bond donors (Lipinski definition) is 0. The Morgan fingerprint density at radius 3 is 3.06 bits per heavy atom. The van der Waals surface area contributed by atoms with Gasteiger partial charge in [-0.25, -0.2) is 0 Å². The van der Waals surface area contributed by atoms with Crippen LogP contribution in [-0.4, -0.2) is 49.8 Å². The van der Waals surface area contributed by atoms with E-state index in [0.29, 0.717) is 18.6 Å². The third kappa shape index (κ3) is 3.42. The van der Waals surface area contributed by atoms with Crippen LogP contribution < -0.4 is 0 Å². The van der Waals surface area contributed by atoms with Crippen LogP contribution in [0.25, 0.3) is 0 Å². The van der Waals surface area contributed by atoms with Crippen LogP contribution in [0.5, 0.6) is 0 Å². The van der Waals surface area contributed by atoms with Gasteiger partial charge < -0.3 is 9.47 Å². The first-order chi connectivity index (χ1) is 8.31. The summed E-state index contributed by atoms with van der Waals surface area (Å²) in [5.41, 5.74) is 0. The fourth-order valence-electron chi connectivity index (χ4n) is 2.98. The van der Waals surface area contributed by atoms with E-state index in [1.54, 1.807) is 0 Å². The quantitative estimate of drug-likeness (QED) is 0.701. The molecule has 0 aromatic rings. The molecule has 0 radical (unpaired) electrons. The maximum atomic E-state index is 11.1. The Labute approximate surface area is 103 Å². The van der Waals surface area contributed by atoms with Crippen molar-refractivity contribution in [3.05, 3.63) is 0 Å². The highest BCUT2D eigenvalue weighted by Crippen LogP contribution is 2.28. The molecule has 1 aliphatic heterocycles. The van der Waals surface area contributed by atoms with Crippen LogP contribution in [0.4, 0.5) is 0 Å². The zero-order valence-electron chi connectivity index (χ0n) is 10.7. The number of morpholine rings is 1. The van der Waals surface area contributed by atoms with E-state index in [2.05, 4.69) is 9.64 Å². The molecule has 0 N–H and O–H groups in total. The summed E-state index contributed by atoms with van der Waals surface area (Å²) < 4.78 is 10.5. The lowest BCUT2D eigenvalue weighted by atomic mass is 9.90. The lowest BCUT2D eigenvalue weighted by molar-refractivity contribution is -0.141. The standard InChI is InChI=1S/C13H23NO3/c1-16-13(15)7-4-8-14-9-10-17-12-6-3-2-5-11(12)14/h11-12H,2-10H2,1H3/t11-,12+/m0/s1. The zero-order chi connectivity index (χ0) is 12.1. The summed E-state index contributed by atoms with van der Waals surface area (Å²) in [7, 11) is 1.45. The second-order valence-corrected chi connectivity index (χ2v) is 4.98. The Balaban J connectivity index is 1.76. The third-order valence-electron chi connectivity index (χ3n) is 3.90. The molecule has 17 heavy (non-hydrogen) atoms. The van der Waals surface area contributed by atoms with Crippen LogP contribution in [0.1, 0.15) is 38.5 Å².